The molecular formula is C8H10O3S. The fourth-order valence-corrected chi connectivity index (χ4v) is 1.06. The summed E-state index contributed by atoms with van der Waals surface area (Å²) in [5, 5.41) is 0.365. The summed E-state index contributed by atoms with van der Waals surface area (Å²) in [4.78, 5) is 11.0. The molecule has 1 unspecified atom stereocenters. The van der Waals surface area contributed by atoms with E-state index in [4.69, 9.17) is 21.7 Å². The molecule has 1 saturated heterocycles. The standard InChI is InChI=1S/C8H10O3S/c1-5(2)7(9)11-6-3-4-10-8(6)12/h6H,1,3-4H2,2H3. The minimum atomic E-state index is -0.409. The van der Waals surface area contributed by atoms with Crippen LogP contribution in [-0.4, -0.2) is 23.7 Å². The summed E-state index contributed by atoms with van der Waals surface area (Å²) >= 11 is 4.82. The van der Waals surface area contributed by atoms with Crippen LogP contribution in [0.4, 0.5) is 0 Å². The second kappa shape index (κ2) is 3.67. The highest BCUT2D eigenvalue weighted by molar-refractivity contribution is 7.80. The van der Waals surface area contributed by atoms with Crippen LogP contribution in [0, 0.1) is 0 Å². The Kier molecular flexibility index (Phi) is 2.81. The van der Waals surface area contributed by atoms with Crippen LogP contribution in [0.1, 0.15) is 13.3 Å². The first-order valence-electron chi connectivity index (χ1n) is 3.64. The van der Waals surface area contributed by atoms with E-state index in [0.29, 0.717) is 23.7 Å². The Hall–Kier alpha value is -0.900. The van der Waals surface area contributed by atoms with Gasteiger partial charge in [-0.3, -0.25) is 0 Å². The van der Waals surface area contributed by atoms with Crippen molar-refractivity contribution in [2.24, 2.45) is 0 Å². The number of rotatable bonds is 2. The van der Waals surface area contributed by atoms with Crippen LogP contribution in [0.5, 0.6) is 0 Å². The van der Waals surface area contributed by atoms with Crippen LogP contribution in [0.3, 0.4) is 0 Å². The van der Waals surface area contributed by atoms with Crippen molar-refractivity contribution >= 4 is 23.2 Å². The van der Waals surface area contributed by atoms with Crippen molar-refractivity contribution in [2.45, 2.75) is 19.4 Å². The maximum Gasteiger partial charge on any atom is 0.333 e. The molecule has 66 valence electrons. The van der Waals surface area contributed by atoms with Crippen LogP contribution in [0.15, 0.2) is 12.2 Å². The average Bonchev–Trinajstić information content (AvgIpc) is 2.36. The molecule has 0 aromatic carbocycles. The smallest absolute Gasteiger partial charge is 0.333 e. The predicted octanol–water partition coefficient (Wildman–Crippen LogP) is 1.22. The molecule has 0 bridgehead atoms. The van der Waals surface area contributed by atoms with Crippen LogP contribution >= 0.6 is 12.2 Å². The molecule has 1 heterocycles. The van der Waals surface area contributed by atoms with E-state index in [1.165, 1.54) is 0 Å². The van der Waals surface area contributed by atoms with Gasteiger partial charge < -0.3 is 9.47 Å². The lowest BCUT2D eigenvalue weighted by Gasteiger charge is -2.08. The normalized spacial score (nSPS) is 21.8. The zero-order chi connectivity index (χ0) is 9.14. The molecule has 1 rings (SSSR count). The molecule has 0 radical (unpaired) electrons. The lowest BCUT2D eigenvalue weighted by molar-refractivity contribution is -0.141. The van der Waals surface area contributed by atoms with E-state index >= 15 is 0 Å². The first-order valence-corrected chi connectivity index (χ1v) is 4.05. The average molecular weight is 186 g/mol. The van der Waals surface area contributed by atoms with Crippen molar-refractivity contribution in [3.05, 3.63) is 12.2 Å². The maximum atomic E-state index is 11.0. The highest BCUT2D eigenvalue weighted by Crippen LogP contribution is 2.13. The van der Waals surface area contributed by atoms with Crippen molar-refractivity contribution in [3.8, 4) is 0 Å². The molecule has 0 aromatic rings. The van der Waals surface area contributed by atoms with Crippen LogP contribution in [-0.2, 0) is 14.3 Å². The molecule has 0 saturated carbocycles. The van der Waals surface area contributed by atoms with E-state index < -0.39 is 5.97 Å². The molecule has 0 aromatic heterocycles. The van der Waals surface area contributed by atoms with Crippen LogP contribution in [0.25, 0.3) is 0 Å². The molecular weight excluding hydrogens is 176 g/mol. The van der Waals surface area contributed by atoms with Gasteiger partial charge in [0.1, 0.15) is 0 Å². The van der Waals surface area contributed by atoms with Crippen molar-refractivity contribution in [1.82, 2.24) is 0 Å². The Bertz CT molecular complexity index is 234. The van der Waals surface area contributed by atoms with Gasteiger partial charge in [-0.05, 0) is 19.1 Å². The molecule has 0 spiro atoms. The van der Waals surface area contributed by atoms with Gasteiger partial charge in [0.25, 0.3) is 0 Å². The molecule has 0 aliphatic carbocycles. The van der Waals surface area contributed by atoms with E-state index in [9.17, 15) is 4.79 Å². The van der Waals surface area contributed by atoms with Gasteiger partial charge in [0.2, 0.25) is 5.05 Å². The number of hydrogen-bond acceptors (Lipinski definition) is 4. The fraction of sp³-hybridized carbons (Fsp3) is 0.500. The van der Waals surface area contributed by atoms with E-state index in [0.717, 1.165) is 0 Å². The van der Waals surface area contributed by atoms with Crippen molar-refractivity contribution in [2.75, 3.05) is 6.61 Å². The fourth-order valence-electron chi connectivity index (χ4n) is 0.814. The maximum absolute atomic E-state index is 11.0. The summed E-state index contributed by atoms with van der Waals surface area (Å²) in [6.45, 7) is 5.60. The molecule has 1 aliphatic heterocycles. The quantitative estimate of drug-likeness (QED) is 0.369. The summed E-state index contributed by atoms with van der Waals surface area (Å²) in [5.74, 6) is -0.409. The van der Waals surface area contributed by atoms with Gasteiger partial charge in [0.05, 0.1) is 6.61 Å². The second-order valence-corrected chi connectivity index (χ2v) is 3.03. The summed E-state index contributed by atoms with van der Waals surface area (Å²) in [7, 11) is 0. The van der Waals surface area contributed by atoms with Gasteiger partial charge in [0, 0.05) is 12.0 Å². The van der Waals surface area contributed by atoms with Gasteiger partial charge in [-0.2, -0.15) is 0 Å². The summed E-state index contributed by atoms with van der Waals surface area (Å²) in [5.41, 5.74) is 0.379. The summed E-state index contributed by atoms with van der Waals surface area (Å²) in [6.07, 6.45) is 0.293. The highest BCUT2D eigenvalue weighted by atomic mass is 32.1. The Morgan fingerprint density at radius 1 is 1.83 bits per heavy atom. The monoisotopic (exact) mass is 186 g/mol. The lowest BCUT2D eigenvalue weighted by Crippen LogP contribution is -2.21. The topological polar surface area (TPSA) is 35.5 Å². The predicted molar refractivity (Wildman–Crippen MR) is 47.9 cm³/mol. The highest BCUT2D eigenvalue weighted by Gasteiger charge is 2.26. The second-order valence-electron chi connectivity index (χ2n) is 2.63. The Morgan fingerprint density at radius 2 is 2.50 bits per heavy atom. The molecule has 4 heteroatoms. The van der Waals surface area contributed by atoms with E-state index in [2.05, 4.69) is 6.58 Å². The first kappa shape index (κ1) is 9.19. The summed E-state index contributed by atoms with van der Waals surface area (Å²) < 4.78 is 9.95. The van der Waals surface area contributed by atoms with E-state index in [1.54, 1.807) is 6.92 Å². The number of thiocarbonyl (C=S) groups is 1. The van der Waals surface area contributed by atoms with E-state index in [1.807, 2.05) is 0 Å². The number of esters is 1. The minimum absolute atomic E-state index is 0.357. The summed E-state index contributed by atoms with van der Waals surface area (Å²) in [6, 6.07) is 0. The minimum Gasteiger partial charge on any atom is -0.484 e. The number of carbonyl (C=O) groups excluding carboxylic acids is 1. The van der Waals surface area contributed by atoms with Crippen molar-refractivity contribution in [3.63, 3.8) is 0 Å². The van der Waals surface area contributed by atoms with Gasteiger partial charge in [0.15, 0.2) is 6.10 Å². The largest absolute Gasteiger partial charge is 0.484 e. The van der Waals surface area contributed by atoms with E-state index in [-0.39, 0.29) is 6.10 Å². The molecule has 1 atom stereocenters. The van der Waals surface area contributed by atoms with Gasteiger partial charge in [-0.15, -0.1) is 0 Å². The third-order valence-electron chi connectivity index (χ3n) is 1.49. The van der Waals surface area contributed by atoms with Gasteiger partial charge >= 0.3 is 5.97 Å². The number of ether oxygens (including phenoxy) is 2. The molecule has 0 amide bonds. The Balaban J connectivity index is 2.46. The van der Waals surface area contributed by atoms with Crippen LogP contribution < -0.4 is 0 Å². The number of hydrogen-bond donors (Lipinski definition) is 0. The molecule has 1 aliphatic rings. The SMILES string of the molecule is C=C(C)C(=O)OC1CCOC1=S. The van der Waals surface area contributed by atoms with Gasteiger partial charge in [-0.1, -0.05) is 6.58 Å². The third kappa shape index (κ3) is 2.04. The van der Waals surface area contributed by atoms with Crippen molar-refractivity contribution < 1.29 is 14.3 Å². The Labute approximate surface area is 76.3 Å². The Morgan fingerprint density at radius 3 is 2.92 bits per heavy atom. The third-order valence-corrected chi connectivity index (χ3v) is 1.87. The number of carbonyl (C=O) groups is 1. The van der Waals surface area contributed by atoms with Gasteiger partial charge in [-0.25, -0.2) is 4.79 Å². The van der Waals surface area contributed by atoms with Crippen LogP contribution in [0.2, 0.25) is 0 Å². The lowest BCUT2D eigenvalue weighted by atomic mass is 10.3. The first-order chi connectivity index (χ1) is 5.61. The molecule has 1 fully saturated rings. The zero-order valence-electron chi connectivity index (χ0n) is 6.83. The molecule has 3 nitrogen and oxygen atoms in total. The zero-order valence-corrected chi connectivity index (χ0v) is 7.65. The molecule has 12 heavy (non-hydrogen) atoms. The molecule has 0 N–H and O–H groups in total. The van der Waals surface area contributed by atoms with Crippen molar-refractivity contribution in [1.29, 1.82) is 0 Å².